The predicted octanol–water partition coefficient (Wildman–Crippen LogP) is 10.6. The molecule has 0 saturated carbocycles. The van der Waals surface area contributed by atoms with Crippen LogP contribution < -0.4 is 0 Å². The van der Waals surface area contributed by atoms with Crippen molar-refractivity contribution in [2.24, 2.45) is 16.7 Å². The van der Waals surface area contributed by atoms with Crippen LogP contribution in [0.25, 0.3) is 0 Å². The van der Waals surface area contributed by atoms with Crippen LogP contribution >= 0.6 is 0 Å². The highest BCUT2D eigenvalue weighted by atomic mass is 14.3. The molecule has 182 valence electrons. The highest BCUT2D eigenvalue weighted by molar-refractivity contribution is 5.54. The molecule has 33 heavy (non-hydrogen) atoms. The second kappa shape index (κ2) is 14.2. The largest absolute Gasteiger partial charge is 0.0805 e. The van der Waals surface area contributed by atoms with Crippen LogP contribution in [-0.2, 0) is 0 Å². The zero-order valence-corrected chi connectivity index (χ0v) is 23.0. The zero-order chi connectivity index (χ0) is 24.9. The van der Waals surface area contributed by atoms with Gasteiger partial charge >= 0.3 is 0 Å². The van der Waals surface area contributed by atoms with Gasteiger partial charge in [0.15, 0.2) is 0 Å². The molecular weight excluding hydrogens is 396 g/mol. The average molecular weight is 447 g/mol. The molecule has 0 aliphatic heterocycles. The smallest absolute Gasteiger partial charge is 0.00681 e. The van der Waals surface area contributed by atoms with Gasteiger partial charge in [0.1, 0.15) is 0 Å². The summed E-state index contributed by atoms with van der Waals surface area (Å²) in [5.74, 6) is 0.632. The Hall–Kier alpha value is -2.08. The molecule has 4 rings (SSSR count). The molecule has 4 aliphatic carbocycles. The Kier molecular flexibility index (Phi) is 12.5. The maximum absolute atomic E-state index is 2.39. The van der Waals surface area contributed by atoms with Crippen LogP contribution in [0.15, 0.2) is 95.2 Å². The summed E-state index contributed by atoms with van der Waals surface area (Å²) < 4.78 is 0. The minimum atomic E-state index is 0.196. The number of rotatable bonds is 1. The molecule has 0 saturated heterocycles. The first-order chi connectivity index (χ1) is 15.8. The lowest BCUT2D eigenvalue weighted by Crippen LogP contribution is -2.20. The standard InChI is InChI=1S/C15H18.C14H20.2C2H6/c1-12(2)15(3)10-9-13-7-5-4-6-8-14(13)11-15;1-14(2)10-6-9-12-7-4-3-5-8-13(12)11-14;2*1-2/h4-12H,1-3H3;4-5,7-8H,3,6,9-11H2,1-2H3;2*1-2H3. The van der Waals surface area contributed by atoms with Gasteiger partial charge in [0.2, 0.25) is 0 Å². The van der Waals surface area contributed by atoms with E-state index < -0.39 is 0 Å². The van der Waals surface area contributed by atoms with Gasteiger partial charge in [-0.2, -0.15) is 0 Å². The number of allylic oxidation sites excluding steroid dienone is 16. The van der Waals surface area contributed by atoms with Crippen LogP contribution in [0.2, 0.25) is 0 Å². The van der Waals surface area contributed by atoms with Gasteiger partial charge in [0, 0.05) is 5.41 Å². The maximum atomic E-state index is 2.39. The van der Waals surface area contributed by atoms with E-state index in [4.69, 9.17) is 0 Å². The summed E-state index contributed by atoms with van der Waals surface area (Å²) in [6, 6.07) is 0. The fraction of sp³-hybridized carbons (Fsp3) is 0.515. The SMILES string of the molecule is CC.CC.CC(C)C1(C)C=CC2=CC=CC=CC2=C1.CC1(C)CCCC2=C(C=CCC=C2)C1. The molecule has 1 unspecified atom stereocenters. The topological polar surface area (TPSA) is 0 Å². The van der Waals surface area contributed by atoms with Crippen molar-refractivity contribution >= 4 is 0 Å². The first kappa shape index (κ1) is 29.0. The van der Waals surface area contributed by atoms with Gasteiger partial charge in [-0.1, -0.05) is 135 Å². The van der Waals surface area contributed by atoms with Crippen molar-refractivity contribution < 1.29 is 0 Å². The van der Waals surface area contributed by atoms with Crippen molar-refractivity contribution in [3.63, 3.8) is 0 Å². The van der Waals surface area contributed by atoms with Gasteiger partial charge in [-0.05, 0) is 65.7 Å². The van der Waals surface area contributed by atoms with Gasteiger partial charge in [-0.25, -0.2) is 0 Å². The van der Waals surface area contributed by atoms with Crippen molar-refractivity contribution in [1.29, 1.82) is 0 Å². The van der Waals surface area contributed by atoms with Crippen molar-refractivity contribution in [3.05, 3.63) is 95.2 Å². The summed E-state index contributed by atoms with van der Waals surface area (Å²) in [6.07, 6.45) is 33.2. The Balaban J connectivity index is 0.000000288. The Labute approximate surface area is 206 Å². The number of hydrogen-bond donors (Lipinski definition) is 0. The van der Waals surface area contributed by atoms with E-state index in [1.54, 1.807) is 11.1 Å². The van der Waals surface area contributed by atoms with Gasteiger partial charge in [0.25, 0.3) is 0 Å². The molecule has 1 atom stereocenters. The molecule has 0 fully saturated rings. The van der Waals surface area contributed by atoms with E-state index in [1.807, 2.05) is 27.7 Å². The van der Waals surface area contributed by atoms with Gasteiger partial charge in [0.05, 0.1) is 0 Å². The molecule has 0 aromatic carbocycles. The molecule has 0 bridgehead atoms. The normalized spacial score (nSPS) is 24.2. The quantitative estimate of drug-likeness (QED) is 0.375. The molecule has 0 N–H and O–H groups in total. The van der Waals surface area contributed by atoms with Crippen LogP contribution in [-0.4, -0.2) is 0 Å². The number of fused-ring (bicyclic) bond motifs is 1. The van der Waals surface area contributed by atoms with Gasteiger partial charge in [-0.3, -0.25) is 0 Å². The zero-order valence-electron chi connectivity index (χ0n) is 23.0. The molecule has 0 radical (unpaired) electrons. The summed E-state index contributed by atoms with van der Waals surface area (Å²) in [5, 5.41) is 0. The molecule has 0 aromatic rings. The Morgan fingerprint density at radius 1 is 0.758 bits per heavy atom. The second-order valence-electron chi connectivity index (χ2n) is 10.1. The monoisotopic (exact) mass is 446 g/mol. The molecular formula is C33H50. The third-order valence-corrected chi connectivity index (χ3v) is 6.73. The Bertz CT molecular complexity index is 842. The van der Waals surface area contributed by atoms with Crippen molar-refractivity contribution in [2.45, 2.75) is 94.4 Å². The Morgan fingerprint density at radius 3 is 2.09 bits per heavy atom. The minimum Gasteiger partial charge on any atom is -0.0805 e. The lowest BCUT2D eigenvalue weighted by molar-refractivity contribution is 0.333. The van der Waals surface area contributed by atoms with Gasteiger partial charge in [-0.15, -0.1) is 0 Å². The second-order valence-corrected chi connectivity index (χ2v) is 10.1. The van der Waals surface area contributed by atoms with Crippen LogP contribution in [0.3, 0.4) is 0 Å². The summed E-state index contributed by atoms with van der Waals surface area (Å²) in [4.78, 5) is 0. The van der Waals surface area contributed by atoms with Crippen molar-refractivity contribution in [1.82, 2.24) is 0 Å². The average Bonchev–Trinajstić information content (AvgIpc) is 3.22. The van der Waals surface area contributed by atoms with Gasteiger partial charge < -0.3 is 0 Å². The van der Waals surface area contributed by atoms with Crippen LogP contribution in [0.4, 0.5) is 0 Å². The highest BCUT2D eigenvalue weighted by Crippen LogP contribution is 2.39. The molecule has 0 amide bonds. The first-order valence-electron chi connectivity index (χ1n) is 13.3. The molecule has 4 aliphatic rings. The van der Waals surface area contributed by atoms with Crippen LogP contribution in [0.1, 0.15) is 94.4 Å². The summed E-state index contributed by atoms with van der Waals surface area (Å²) in [5.41, 5.74) is 6.53. The summed E-state index contributed by atoms with van der Waals surface area (Å²) >= 11 is 0. The lowest BCUT2D eigenvalue weighted by Gasteiger charge is -2.31. The van der Waals surface area contributed by atoms with E-state index >= 15 is 0 Å². The van der Waals surface area contributed by atoms with Crippen molar-refractivity contribution in [3.8, 4) is 0 Å². The predicted molar refractivity (Wildman–Crippen MR) is 151 cm³/mol. The van der Waals surface area contributed by atoms with E-state index in [9.17, 15) is 0 Å². The number of hydrogen-bond acceptors (Lipinski definition) is 0. The fourth-order valence-corrected chi connectivity index (χ4v) is 4.36. The maximum Gasteiger partial charge on any atom is 0.00681 e. The molecule has 0 heteroatoms. The summed E-state index contributed by atoms with van der Waals surface area (Å²) in [7, 11) is 0. The van der Waals surface area contributed by atoms with Crippen LogP contribution in [0, 0.1) is 16.7 Å². The lowest BCUT2D eigenvalue weighted by atomic mass is 9.73. The molecule has 0 heterocycles. The Morgan fingerprint density at radius 2 is 1.42 bits per heavy atom. The van der Waals surface area contributed by atoms with E-state index in [2.05, 4.69) is 108 Å². The summed E-state index contributed by atoms with van der Waals surface area (Å²) in [6.45, 7) is 19.6. The first-order valence-corrected chi connectivity index (χ1v) is 13.3. The fourth-order valence-electron chi connectivity index (χ4n) is 4.36. The highest BCUT2D eigenvalue weighted by Gasteiger charge is 2.26. The van der Waals surface area contributed by atoms with Crippen LogP contribution in [0.5, 0.6) is 0 Å². The van der Waals surface area contributed by atoms with E-state index in [1.165, 1.54) is 36.8 Å². The van der Waals surface area contributed by atoms with E-state index in [-0.39, 0.29) is 5.41 Å². The minimum absolute atomic E-state index is 0.196. The van der Waals surface area contributed by atoms with E-state index in [0.717, 1.165) is 6.42 Å². The third-order valence-electron chi connectivity index (χ3n) is 6.73. The third kappa shape index (κ3) is 9.00. The van der Waals surface area contributed by atoms with Crippen molar-refractivity contribution in [2.75, 3.05) is 0 Å². The molecule has 0 nitrogen and oxygen atoms in total. The molecule has 0 spiro atoms. The molecule has 0 aromatic heterocycles. The van der Waals surface area contributed by atoms with E-state index in [0.29, 0.717) is 11.3 Å².